The van der Waals surface area contributed by atoms with E-state index in [2.05, 4.69) is 21.7 Å². The quantitative estimate of drug-likeness (QED) is 0.402. The van der Waals surface area contributed by atoms with Crippen LogP contribution in [0.25, 0.3) is 10.9 Å². The van der Waals surface area contributed by atoms with Crippen molar-refractivity contribution in [1.82, 2.24) is 15.6 Å². The first-order valence-corrected chi connectivity index (χ1v) is 11.6. The summed E-state index contributed by atoms with van der Waals surface area (Å²) in [7, 11) is 1.59. The molecule has 0 spiro atoms. The molecule has 0 bridgehead atoms. The lowest BCUT2D eigenvalue weighted by Crippen LogP contribution is -2.48. The van der Waals surface area contributed by atoms with Gasteiger partial charge in [-0.2, -0.15) is 0 Å². The predicted octanol–water partition coefficient (Wildman–Crippen LogP) is 3.47. The van der Waals surface area contributed by atoms with Crippen molar-refractivity contribution in [3.8, 4) is 0 Å². The Morgan fingerprint density at radius 3 is 2.59 bits per heavy atom. The van der Waals surface area contributed by atoms with Crippen LogP contribution in [-0.2, 0) is 32.1 Å². The number of nitrogens with one attached hydrogen (secondary N) is 3. The molecule has 0 fully saturated rings. The summed E-state index contributed by atoms with van der Waals surface area (Å²) in [6.45, 7) is 2.79. The number of fused-ring (bicyclic) bond motifs is 1. The summed E-state index contributed by atoms with van der Waals surface area (Å²) >= 11 is 0. The van der Waals surface area contributed by atoms with Gasteiger partial charge in [0.25, 0.3) is 0 Å². The molecule has 34 heavy (non-hydrogen) atoms. The topological polar surface area (TPSA) is 92.5 Å². The molecule has 0 unspecified atom stereocenters. The van der Waals surface area contributed by atoms with Gasteiger partial charge in [-0.15, -0.1) is 0 Å². The van der Waals surface area contributed by atoms with Gasteiger partial charge in [0, 0.05) is 42.9 Å². The molecule has 7 nitrogen and oxygen atoms in total. The maximum absolute atomic E-state index is 13.2. The number of benzene rings is 2. The number of hydrogen-bond donors (Lipinski definition) is 3. The molecule has 178 valence electrons. The van der Waals surface area contributed by atoms with Crippen molar-refractivity contribution in [3.63, 3.8) is 0 Å². The third-order valence-electron chi connectivity index (χ3n) is 6.19. The first-order chi connectivity index (χ1) is 16.6. The molecule has 1 aromatic heterocycles. The number of H-pyrrole nitrogens is 1. The second kappa shape index (κ2) is 11.0. The smallest absolute Gasteiger partial charge is 0.329 e. The van der Waals surface area contributed by atoms with Gasteiger partial charge in [-0.3, -0.25) is 4.79 Å². The lowest BCUT2D eigenvalue weighted by molar-refractivity contribution is -0.149. The Morgan fingerprint density at radius 2 is 1.85 bits per heavy atom. The van der Waals surface area contributed by atoms with Gasteiger partial charge in [-0.25, -0.2) is 4.79 Å². The van der Waals surface area contributed by atoms with Gasteiger partial charge in [0.15, 0.2) is 0 Å². The molecule has 0 aliphatic carbocycles. The molecule has 2 aromatic carbocycles. The normalized spacial score (nSPS) is 15.8. The van der Waals surface area contributed by atoms with Gasteiger partial charge in [-0.1, -0.05) is 61.5 Å². The number of para-hydroxylation sites is 1. The molecule has 0 saturated carbocycles. The van der Waals surface area contributed by atoms with E-state index >= 15 is 0 Å². The molecule has 1 aliphatic rings. The fourth-order valence-electron chi connectivity index (χ4n) is 4.32. The van der Waals surface area contributed by atoms with Crippen molar-refractivity contribution < 1.29 is 19.1 Å². The molecule has 3 aromatic rings. The third-order valence-corrected chi connectivity index (χ3v) is 6.19. The Bertz CT molecular complexity index is 1150. The Kier molecular flexibility index (Phi) is 7.65. The lowest BCUT2D eigenvalue weighted by atomic mass is 9.99. The van der Waals surface area contributed by atoms with E-state index < -0.39 is 24.0 Å². The summed E-state index contributed by atoms with van der Waals surface area (Å²) in [6, 6.07) is 16.5. The SMILES string of the molecule is CO[C@@H](C1=CCCN1)[C@@H](C)C(=O)N[C@@H](Cc1c[nH]c2ccccc12)C(=O)OCc1ccccc1. The summed E-state index contributed by atoms with van der Waals surface area (Å²) < 4.78 is 11.2. The van der Waals surface area contributed by atoms with E-state index in [1.165, 1.54) is 0 Å². The zero-order chi connectivity index (χ0) is 23.9. The Labute approximate surface area is 199 Å². The van der Waals surface area contributed by atoms with E-state index in [9.17, 15) is 9.59 Å². The number of carbonyl (C=O) groups is 2. The fraction of sp³-hybridized carbons (Fsp3) is 0.333. The highest BCUT2D eigenvalue weighted by Gasteiger charge is 2.32. The molecule has 3 N–H and O–H groups in total. The van der Waals surface area contributed by atoms with Crippen molar-refractivity contribution in [2.24, 2.45) is 5.92 Å². The average Bonchev–Trinajstić information content (AvgIpc) is 3.54. The van der Waals surface area contributed by atoms with E-state index in [1.807, 2.05) is 67.7 Å². The highest BCUT2D eigenvalue weighted by atomic mass is 16.5. The third kappa shape index (κ3) is 5.48. The van der Waals surface area contributed by atoms with Crippen LogP contribution in [-0.4, -0.2) is 42.7 Å². The van der Waals surface area contributed by atoms with Crippen molar-refractivity contribution in [2.45, 2.75) is 38.5 Å². The van der Waals surface area contributed by atoms with Crippen LogP contribution in [0.4, 0.5) is 0 Å². The number of ether oxygens (including phenoxy) is 2. The number of carbonyl (C=O) groups excluding carboxylic acids is 2. The fourth-order valence-corrected chi connectivity index (χ4v) is 4.32. The van der Waals surface area contributed by atoms with E-state index in [4.69, 9.17) is 9.47 Å². The first-order valence-electron chi connectivity index (χ1n) is 11.6. The van der Waals surface area contributed by atoms with E-state index in [1.54, 1.807) is 7.11 Å². The Morgan fingerprint density at radius 1 is 1.09 bits per heavy atom. The van der Waals surface area contributed by atoms with Crippen LogP contribution in [0.3, 0.4) is 0 Å². The van der Waals surface area contributed by atoms with E-state index in [-0.39, 0.29) is 12.5 Å². The summed E-state index contributed by atoms with van der Waals surface area (Å²) in [4.78, 5) is 29.6. The van der Waals surface area contributed by atoms with Crippen LogP contribution < -0.4 is 10.6 Å². The highest BCUT2D eigenvalue weighted by molar-refractivity contribution is 5.88. The zero-order valence-corrected chi connectivity index (χ0v) is 19.5. The van der Waals surface area contributed by atoms with Gasteiger partial charge >= 0.3 is 5.97 Å². The van der Waals surface area contributed by atoms with Crippen LogP contribution in [0.2, 0.25) is 0 Å². The minimum Gasteiger partial charge on any atom is -0.459 e. The summed E-state index contributed by atoms with van der Waals surface area (Å²) in [5, 5.41) is 7.22. The Balaban J connectivity index is 1.51. The van der Waals surface area contributed by atoms with Gasteiger partial charge in [-0.05, 0) is 23.6 Å². The minimum atomic E-state index is -0.833. The van der Waals surface area contributed by atoms with E-state index in [0.717, 1.165) is 40.7 Å². The van der Waals surface area contributed by atoms with Crippen molar-refractivity contribution >= 4 is 22.8 Å². The van der Waals surface area contributed by atoms with Gasteiger partial charge in [0.2, 0.25) is 5.91 Å². The zero-order valence-electron chi connectivity index (χ0n) is 19.5. The van der Waals surface area contributed by atoms with Crippen LogP contribution in [0.5, 0.6) is 0 Å². The van der Waals surface area contributed by atoms with E-state index in [0.29, 0.717) is 6.42 Å². The monoisotopic (exact) mass is 461 g/mol. The number of hydrogen-bond acceptors (Lipinski definition) is 5. The second-order valence-electron chi connectivity index (χ2n) is 8.54. The predicted molar refractivity (Wildman–Crippen MR) is 131 cm³/mol. The molecule has 0 saturated heterocycles. The number of aromatic amines is 1. The molecule has 1 amide bonds. The molecular formula is C27H31N3O4. The maximum atomic E-state index is 13.2. The Hall–Kier alpha value is -3.58. The second-order valence-corrected chi connectivity index (χ2v) is 8.54. The number of amides is 1. The molecule has 2 heterocycles. The van der Waals surface area contributed by atoms with Crippen LogP contribution >= 0.6 is 0 Å². The molecule has 4 rings (SSSR count). The van der Waals surface area contributed by atoms with Crippen LogP contribution in [0, 0.1) is 5.92 Å². The molecule has 7 heteroatoms. The first kappa shape index (κ1) is 23.6. The average molecular weight is 462 g/mol. The molecule has 3 atom stereocenters. The molecule has 0 radical (unpaired) electrons. The van der Waals surface area contributed by atoms with Gasteiger partial charge < -0.3 is 25.1 Å². The number of rotatable bonds is 10. The lowest BCUT2D eigenvalue weighted by Gasteiger charge is -2.26. The number of methoxy groups -OCH3 is 1. The minimum absolute atomic E-state index is 0.146. The molecular weight excluding hydrogens is 430 g/mol. The van der Waals surface area contributed by atoms with Crippen molar-refractivity contribution in [2.75, 3.05) is 13.7 Å². The van der Waals surface area contributed by atoms with Crippen molar-refractivity contribution in [1.29, 1.82) is 0 Å². The maximum Gasteiger partial charge on any atom is 0.329 e. The largest absolute Gasteiger partial charge is 0.459 e. The van der Waals surface area contributed by atoms with Crippen LogP contribution in [0.15, 0.2) is 72.6 Å². The number of aromatic nitrogens is 1. The number of esters is 1. The van der Waals surface area contributed by atoms with Crippen molar-refractivity contribution in [3.05, 3.63) is 83.7 Å². The van der Waals surface area contributed by atoms with Gasteiger partial charge in [0.05, 0.1) is 5.92 Å². The highest BCUT2D eigenvalue weighted by Crippen LogP contribution is 2.21. The summed E-state index contributed by atoms with van der Waals surface area (Å²) in [5.41, 5.74) is 3.71. The standard InChI is InChI=1S/C27H31N3O4/c1-18(25(33-2)23-13-8-14-28-23)26(31)30-24(27(32)34-17-19-9-4-3-5-10-19)15-20-16-29-22-12-7-6-11-21(20)22/h3-7,9-13,16,18,24-25,28-29H,8,14-15,17H2,1-2H3,(H,30,31)/t18-,24+,25-/m1/s1. The van der Waals surface area contributed by atoms with Gasteiger partial charge in [0.1, 0.15) is 18.8 Å². The van der Waals surface area contributed by atoms with Crippen LogP contribution in [0.1, 0.15) is 24.5 Å². The summed E-state index contributed by atoms with van der Waals surface area (Å²) in [6.07, 6.45) is 4.74. The molecule has 1 aliphatic heterocycles. The summed E-state index contributed by atoms with van der Waals surface area (Å²) in [5.74, 6) is -1.22.